The molecular formula is C43H50Cl2N2O8. The van der Waals surface area contributed by atoms with Gasteiger partial charge in [-0.05, 0) is 99.1 Å². The molecule has 0 bridgehead atoms. The normalized spacial score (nSPS) is 16.6. The van der Waals surface area contributed by atoms with Crippen molar-refractivity contribution in [2.24, 2.45) is 0 Å². The Hall–Kier alpha value is -4.03. The third-order valence-corrected chi connectivity index (χ3v) is 11.0. The molecule has 0 saturated heterocycles. The predicted octanol–water partition coefficient (Wildman–Crippen LogP) is 7.89. The van der Waals surface area contributed by atoms with E-state index in [1.807, 2.05) is 37.9 Å². The van der Waals surface area contributed by atoms with Crippen molar-refractivity contribution < 1.29 is 39.1 Å². The molecule has 0 heterocycles. The van der Waals surface area contributed by atoms with E-state index in [2.05, 4.69) is 36.4 Å². The molecule has 0 fully saturated rings. The van der Waals surface area contributed by atoms with Gasteiger partial charge >= 0.3 is 5.97 Å². The van der Waals surface area contributed by atoms with Gasteiger partial charge in [-0.1, -0.05) is 59.6 Å². The van der Waals surface area contributed by atoms with Crippen LogP contribution in [-0.2, 0) is 30.7 Å². The van der Waals surface area contributed by atoms with E-state index in [0.717, 1.165) is 48.1 Å². The molecule has 0 aliphatic heterocycles. The summed E-state index contributed by atoms with van der Waals surface area (Å²) in [5.74, 6) is 1.25. The second-order valence-corrected chi connectivity index (χ2v) is 14.9. The highest BCUT2D eigenvalue weighted by molar-refractivity contribution is 6.32. The Morgan fingerprint density at radius 1 is 0.764 bits per heavy atom. The van der Waals surface area contributed by atoms with Crippen molar-refractivity contribution in [2.45, 2.75) is 70.9 Å². The summed E-state index contributed by atoms with van der Waals surface area (Å²) in [5.41, 5.74) is 8.80. The lowest BCUT2D eigenvalue weighted by molar-refractivity contribution is -0.144. The number of ether oxygens (including phenoxy) is 4. The SMILES string of the molecule is CCOc1cc(O[C@H]2CCc3c(-c4cccc5c4CC[C@@H]5Oc4cc(OCC)c(CN(C)[C@@H](CO)C(=O)O)cc4Cl)cccc32)c(Cl)cc1CN(C)CCO. The van der Waals surface area contributed by atoms with Gasteiger partial charge in [0.25, 0.3) is 0 Å². The number of likely N-dealkylation sites (N-methyl/N-ethyl adjacent to an activating group) is 2. The fourth-order valence-electron chi connectivity index (χ4n) is 7.77. The van der Waals surface area contributed by atoms with Gasteiger partial charge in [0.2, 0.25) is 0 Å². The summed E-state index contributed by atoms with van der Waals surface area (Å²) in [4.78, 5) is 15.2. The van der Waals surface area contributed by atoms with Crippen molar-refractivity contribution in [3.8, 4) is 34.1 Å². The van der Waals surface area contributed by atoms with Gasteiger partial charge in [0.1, 0.15) is 41.2 Å². The lowest BCUT2D eigenvalue weighted by Crippen LogP contribution is -2.40. The number of aliphatic hydroxyl groups excluding tert-OH is 2. The zero-order valence-electron chi connectivity index (χ0n) is 31.8. The third kappa shape index (κ3) is 9.01. The van der Waals surface area contributed by atoms with E-state index in [1.54, 1.807) is 24.1 Å². The number of fused-ring (bicyclic) bond motifs is 2. The van der Waals surface area contributed by atoms with Crippen molar-refractivity contribution in [1.29, 1.82) is 0 Å². The summed E-state index contributed by atoms with van der Waals surface area (Å²) in [5, 5.41) is 29.4. The van der Waals surface area contributed by atoms with E-state index in [9.17, 15) is 20.1 Å². The first kappa shape index (κ1) is 40.6. The smallest absolute Gasteiger partial charge is 0.323 e. The molecule has 6 rings (SSSR count). The molecule has 294 valence electrons. The maximum Gasteiger partial charge on any atom is 0.323 e. The Labute approximate surface area is 333 Å². The van der Waals surface area contributed by atoms with E-state index >= 15 is 0 Å². The molecule has 10 nitrogen and oxygen atoms in total. The molecule has 0 radical (unpaired) electrons. The average molecular weight is 794 g/mol. The fourth-order valence-corrected chi connectivity index (χ4v) is 8.24. The van der Waals surface area contributed by atoms with Gasteiger partial charge < -0.3 is 34.3 Å². The number of benzene rings is 4. The van der Waals surface area contributed by atoms with Gasteiger partial charge in [-0.25, -0.2) is 0 Å². The second-order valence-electron chi connectivity index (χ2n) is 14.1. The summed E-state index contributed by atoms with van der Waals surface area (Å²) < 4.78 is 25.2. The molecule has 2 aliphatic rings. The molecule has 4 aromatic rings. The minimum Gasteiger partial charge on any atom is -0.493 e. The number of hydrogen-bond donors (Lipinski definition) is 3. The molecule has 2 aliphatic carbocycles. The van der Waals surface area contributed by atoms with Gasteiger partial charge in [0, 0.05) is 42.9 Å². The van der Waals surface area contributed by atoms with E-state index < -0.39 is 18.6 Å². The Kier molecular flexibility index (Phi) is 13.5. The first-order valence-electron chi connectivity index (χ1n) is 18.9. The molecule has 4 aromatic carbocycles. The fraction of sp³-hybridized carbons (Fsp3) is 0.419. The number of halogens is 2. The van der Waals surface area contributed by atoms with Crippen LogP contribution in [0.2, 0.25) is 10.0 Å². The van der Waals surface area contributed by atoms with Crippen LogP contribution in [0, 0.1) is 0 Å². The first-order chi connectivity index (χ1) is 26.6. The molecule has 0 spiro atoms. The lowest BCUT2D eigenvalue weighted by atomic mass is 9.91. The van der Waals surface area contributed by atoms with Crippen molar-refractivity contribution in [1.82, 2.24) is 9.80 Å². The topological polar surface area (TPSA) is 121 Å². The first-order valence-corrected chi connectivity index (χ1v) is 19.6. The standard InChI is InChI=1S/C43H50Cl2N2O8/c1-5-52-39-21-41(34(44)19-26(39)23-46(3)17-18-48)54-37-15-13-30-28(9-7-11-32(30)37)29-10-8-12-33-31(29)14-16-38(33)55-42-22-40(53-6-2)27(20-35(42)45)24-47(4)36(25-49)43(50)51/h7-12,19-22,36-38,48-49H,5-6,13-18,23-25H2,1-4H3,(H,50,51)/t36-,37-,38-/m0/s1. The molecule has 0 saturated carbocycles. The molecule has 3 N–H and O–H groups in total. The van der Waals surface area contributed by atoms with Gasteiger partial charge in [0.15, 0.2) is 0 Å². The molecule has 3 atom stereocenters. The monoisotopic (exact) mass is 792 g/mol. The van der Waals surface area contributed by atoms with Crippen molar-refractivity contribution >= 4 is 29.2 Å². The number of hydrogen-bond acceptors (Lipinski definition) is 9. The molecule has 0 amide bonds. The van der Waals surface area contributed by atoms with Crippen LogP contribution in [-0.4, -0.2) is 84.2 Å². The second kappa shape index (κ2) is 18.3. The van der Waals surface area contributed by atoms with Crippen molar-refractivity contribution in [3.05, 3.63) is 104 Å². The van der Waals surface area contributed by atoms with Crippen LogP contribution in [0.4, 0.5) is 0 Å². The zero-order chi connectivity index (χ0) is 39.2. The highest BCUT2D eigenvalue weighted by atomic mass is 35.5. The Morgan fingerprint density at radius 2 is 1.25 bits per heavy atom. The molecule has 12 heteroatoms. The van der Waals surface area contributed by atoms with Gasteiger partial charge in [0.05, 0.1) is 36.5 Å². The van der Waals surface area contributed by atoms with Crippen LogP contribution in [0.3, 0.4) is 0 Å². The third-order valence-electron chi connectivity index (χ3n) is 10.4. The summed E-state index contributed by atoms with van der Waals surface area (Å²) in [6.07, 6.45) is 2.91. The Morgan fingerprint density at radius 3 is 1.69 bits per heavy atom. The van der Waals surface area contributed by atoms with Crippen LogP contribution in [0.25, 0.3) is 11.1 Å². The Bertz CT molecular complexity index is 1990. The Balaban J connectivity index is 1.23. The van der Waals surface area contributed by atoms with Gasteiger partial charge in [-0.3, -0.25) is 14.6 Å². The van der Waals surface area contributed by atoms with Crippen LogP contribution in [0.5, 0.6) is 23.0 Å². The highest BCUT2D eigenvalue weighted by Gasteiger charge is 2.32. The number of aliphatic hydroxyl groups is 2. The minimum absolute atomic E-state index is 0.0733. The molecule has 0 unspecified atom stereocenters. The summed E-state index contributed by atoms with van der Waals surface area (Å²) in [6, 6.07) is 19.1. The summed E-state index contributed by atoms with van der Waals surface area (Å²) >= 11 is 13.6. The van der Waals surface area contributed by atoms with E-state index in [-0.39, 0.29) is 25.4 Å². The number of rotatable bonds is 18. The van der Waals surface area contributed by atoms with Crippen LogP contribution in [0.15, 0.2) is 60.7 Å². The van der Waals surface area contributed by atoms with E-state index in [4.69, 9.17) is 42.1 Å². The number of carboxylic acid groups (broad SMARTS) is 1. The number of nitrogens with zero attached hydrogens (tertiary/aromatic N) is 2. The van der Waals surface area contributed by atoms with E-state index in [0.29, 0.717) is 59.2 Å². The number of carbonyl (C=O) groups is 1. The largest absolute Gasteiger partial charge is 0.493 e. The van der Waals surface area contributed by atoms with Gasteiger partial charge in [-0.2, -0.15) is 0 Å². The highest BCUT2D eigenvalue weighted by Crippen LogP contribution is 2.47. The van der Waals surface area contributed by atoms with Crippen LogP contribution in [0.1, 0.15) is 72.3 Å². The molecular weight excluding hydrogens is 743 g/mol. The van der Waals surface area contributed by atoms with Crippen molar-refractivity contribution in [2.75, 3.05) is 47.1 Å². The zero-order valence-corrected chi connectivity index (χ0v) is 33.3. The maximum atomic E-state index is 11.6. The maximum absolute atomic E-state index is 11.6. The van der Waals surface area contributed by atoms with Crippen LogP contribution < -0.4 is 18.9 Å². The quantitative estimate of drug-likeness (QED) is 0.0918. The lowest BCUT2D eigenvalue weighted by Gasteiger charge is -2.25. The average Bonchev–Trinajstić information content (AvgIpc) is 3.76. The molecule has 55 heavy (non-hydrogen) atoms. The number of carboxylic acids is 1. The predicted molar refractivity (Wildman–Crippen MR) is 214 cm³/mol. The summed E-state index contributed by atoms with van der Waals surface area (Å²) in [6.45, 7) is 5.65. The van der Waals surface area contributed by atoms with E-state index in [1.165, 1.54) is 22.3 Å². The minimum atomic E-state index is -1.11. The molecule has 0 aromatic heterocycles. The number of aliphatic carboxylic acids is 1. The van der Waals surface area contributed by atoms with Gasteiger partial charge in [-0.15, -0.1) is 0 Å². The van der Waals surface area contributed by atoms with Crippen LogP contribution >= 0.6 is 23.2 Å². The van der Waals surface area contributed by atoms with Crippen molar-refractivity contribution in [3.63, 3.8) is 0 Å². The summed E-state index contributed by atoms with van der Waals surface area (Å²) in [7, 11) is 3.59.